The summed E-state index contributed by atoms with van der Waals surface area (Å²) in [4.78, 5) is 11.5. The van der Waals surface area contributed by atoms with Crippen LogP contribution in [-0.4, -0.2) is 22.6 Å². The Morgan fingerprint density at radius 2 is 2.16 bits per heavy atom. The van der Waals surface area contributed by atoms with Crippen LogP contribution in [0.1, 0.15) is 24.1 Å². The minimum Gasteiger partial charge on any atom is -0.355 e. The maximum Gasteiger partial charge on any atom is 0.125 e. The van der Waals surface area contributed by atoms with Gasteiger partial charge in [-0.15, -0.1) is 22.7 Å². The van der Waals surface area contributed by atoms with Crippen molar-refractivity contribution in [2.45, 2.75) is 25.3 Å². The van der Waals surface area contributed by atoms with E-state index in [4.69, 9.17) is 0 Å². The molecule has 5 rings (SSSR count). The molecule has 1 aliphatic heterocycles. The van der Waals surface area contributed by atoms with Crippen LogP contribution in [0.15, 0.2) is 42.0 Å². The van der Waals surface area contributed by atoms with Gasteiger partial charge >= 0.3 is 0 Å². The Labute approximate surface area is 153 Å². The molecule has 2 unspecified atom stereocenters. The first kappa shape index (κ1) is 15.3. The highest BCUT2D eigenvalue weighted by molar-refractivity contribution is 7.18. The fourth-order valence-electron chi connectivity index (χ4n) is 3.59. The van der Waals surface area contributed by atoms with Gasteiger partial charge in [0.25, 0.3) is 0 Å². The third-order valence-electron chi connectivity index (χ3n) is 4.95. The molecule has 4 nitrogen and oxygen atoms in total. The lowest BCUT2D eigenvalue weighted by atomic mass is 10.00. The minimum atomic E-state index is 0.538. The van der Waals surface area contributed by atoms with Gasteiger partial charge in [-0.3, -0.25) is 0 Å². The number of thiazole rings is 1. The second-order valence-electron chi connectivity index (χ2n) is 6.52. The van der Waals surface area contributed by atoms with Crippen LogP contribution >= 0.6 is 22.7 Å². The van der Waals surface area contributed by atoms with E-state index < -0.39 is 0 Å². The second kappa shape index (κ2) is 6.05. The van der Waals surface area contributed by atoms with Crippen molar-refractivity contribution < 1.29 is 0 Å². The molecule has 1 aromatic carbocycles. The molecule has 0 aliphatic carbocycles. The summed E-state index contributed by atoms with van der Waals surface area (Å²) in [6.45, 7) is 3.38. The van der Waals surface area contributed by atoms with Crippen molar-refractivity contribution in [3.8, 4) is 0 Å². The van der Waals surface area contributed by atoms with Gasteiger partial charge < -0.3 is 10.6 Å². The molecule has 1 fully saturated rings. The highest BCUT2D eigenvalue weighted by Gasteiger charge is 2.26. The molecule has 3 aromatic heterocycles. The number of benzene rings is 1. The minimum absolute atomic E-state index is 0.538. The van der Waals surface area contributed by atoms with E-state index in [2.05, 4.69) is 57.9 Å². The Morgan fingerprint density at radius 1 is 1.20 bits per heavy atom. The monoisotopic (exact) mass is 366 g/mol. The van der Waals surface area contributed by atoms with Gasteiger partial charge in [0.2, 0.25) is 0 Å². The molecule has 0 bridgehead atoms. The Morgan fingerprint density at radius 3 is 3.04 bits per heavy atom. The molecule has 126 valence electrons. The van der Waals surface area contributed by atoms with Gasteiger partial charge in [-0.25, -0.2) is 9.97 Å². The van der Waals surface area contributed by atoms with Crippen LogP contribution in [0, 0.1) is 0 Å². The summed E-state index contributed by atoms with van der Waals surface area (Å²) in [6, 6.07) is 11.3. The smallest absolute Gasteiger partial charge is 0.125 e. The maximum atomic E-state index is 4.59. The number of nitrogens with zero attached hydrogens (tertiary/aromatic N) is 2. The van der Waals surface area contributed by atoms with Crippen molar-refractivity contribution in [2.24, 2.45) is 0 Å². The normalized spacial score (nSPS) is 20.5. The van der Waals surface area contributed by atoms with Gasteiger partial charge in [0.05, 0.1) is 21.4 Å². The van der Waals surface area contributed by atoms with E-state index in [0.717, 1.165) is 28.3 Å². The maximum absolute atomic E-state index is 4.59. The first-order chi connectivity index (χ1) is 12.3. The van der Waals surface area contributed by atoms with Crippen molar-refractivity contribution in [3.05, 3.63) is 46.9 Å². The SMILES string of the molecule is CC1NCCC1c1cc2c(Nc3ccc4scnc4c3)ccnc2s1. The van der Waals surface area contributed by atoms with Crippen molar-refractivity contribution in [2.75, 3.05) is 11.9 Å². The first-order valence-corrected chi connectivity index (χ1v) is 10.2. The number of hydrogen-bond acceptors (Lipinski definition) is 6. The molecular weight excluding hydrogens is 348 g/mol. The Hall–Kier alpha value is -2.02. The standard InChI is InChI=1S/C19H18N4S2/c1-11-13(4-6-20-11)18-9-14-15(5-7-21-19(14)25-18)23-12-2-3-17-16(8-12)22-10-24-17/h2-3,5,7-11,13,20H,4,6H2,1H3,(H,21,23). The number of anilines is 2. The first-order valence-electron chi connectivity index (χ1n) is 8.50. The predicted molar refractivity (Wildman–Crippen MR) is 107 cm³/mol. The van der Waals surface area contributed by atoms with E-state index in [1.54, 1.807) is 11.3 Å². The molecule has 0 spiro atoms. The number of hydrogen-bond donors (Lipinski definition) is 2. The van der Waals surface area contributed by atoms with Crippen LogP contribution in [-0.2, 0) is 0 Å². The molecule has 0 amide bonds. The van der Waals surface area contributed by atoms with E-state index in [-0.39, 0.29) is 0 Å². The Kier molecular flexibility index (Phi) is 3.69. The highest BCUT2D eigenvalue weighted by atomic mass is 32.1. The fraction of sp³-hybridized carbons (Fsp3) is 0.263. The van der Waals surface area contributed by atoms with Gasteiger partial charge in [0.15, 0.2) is 0 Å². The molecule has 0 radical (unpaired) electrons. The molecule has 2 N–H and O–H groups in total. The average molecular weight is 367 g/mol. The third kappa shape index (κ3) is 2.70. The lowest BCUT2D eigenvalue weighted by Gasteiger charge is -2.12. The van der Waals surface area contributed by atoms with Crippen molar-refractivity contribution in [3.63, 3.8) is 0 Å². The van der Waals surface area contributed by atoms with Gasteiger partial charge in [-0.1, -0.05) is 0 Å². The zero-order valence-corrected chi connectivity index (χ0v) is 15.5. The predicted octanol–water partition coefficient (Wildman–Crippen LogP) is 5.12. The number of pyridine rings is 1. The van der Waals surface area contributed by atoms with Crippen LogP contribution in [0.25, 0.3) is 20.4 Å². The van der Waals surface area contributed by atoms with Crippen LogP contribution in [0.4, 0.5) is 11.4 Å². The average Bonchev–Trinajstić information content (AvgIpc) is 3.32. The third-order valence-corrected chi connectivity index (χ3v) is 6.94. The van der Waals surface area contributed by atoms with E-state index >= 15 is 0 Å². The molecule has 4 heterocycles. The second-order valence-corrected chi connectivity index (χ2v) is 8.47. The summed E-state index contributed by atoms with van der Waals surface area (Å²) in [5.74, 6) is 0.596. The molecule has 0 saturated carbocycles. The number of fused-ring (bicyclic) bond motifs is 2. The van der Waals surface area contributed by atoms with Crippen LogP contribution in [0.3, 0.4) is 0 Å². The summed E-state index contributed by atoms with van der Waals surface area (Å²) in [5, 5.41) is 8.31. The fourth-order valence-corrected chi connectivity index (χ4v) is 5.51. The van der Waals surface area contributed by atoms with Gasteiger partial charge in [-0.2, -0.15) is 0 Å². The zero-order chi connectivity index (χ0) is 16.8. The molecule has 25 heavy (non-hydrogen) atoms. The van der Waals surface area contributed by atoms with Crippen molar-refractivity contribution >= 4 is 54.5 Å². The van der Waals surface area contributed by atoms with Gasteiger partial charge in [0.1, 0.15) is 4.83 Å². The molecule has 2 atom stereocenters. The lowest BCUT2D eigenvalue weighted by Crippen LogP contribution is -2.20. The van der Waals surface area contributed by atoms with Crippen molar-refractivity contribution in [1.29, 1.82) is 0 Å². The number of nitrogens with one attached hydrogen (secondary N) is 2. The molecule has 1 aliphatic rings. The zero-order valence-electron chi connectivity index (χ0n) is 13.8. The molecule has 6 heteroatoms. The highest BCUT2D eigenvalue weighted by Crippen LogP contribution is 2.38. The van der Waals surface area contributed by atoms with Gasteiger partial charge in [-0.05, 0) is 50.2 Å². The van der Waals surface area contributed by atoms with Crippen LogP contribution in [0.2, 0.25) is 0 Å². The summed E-state index contributed by atoms with van der Waals surface area (Å²) < 4.78 is 1.21. The summed E-state index contributed by atoms with van der Waals surface area (Å²) in [7, 11) is 0. The summed E-state index contributed by atoms with van der Waals surface area (Å²) in [6.07, 6.45) is 3.10. The van der Waals surface area contributed by atoms with E-state index in [1.165, 1.54) is 21.4 Å². The lowest BCUT2D eigenvalue weighted by molar-refractivity contribution is 0.602. The Balaban J connectivity index is 1.53. The Bertz CT molecular complexity index is 1050. The molecular formula is C19H18N4S2. The van der Waals surface area contributed by atoms with E-state index in [0.29, 0.717) is 12.0 Å². The summed E-state index contributed by atoms with van der Waals surface area (Å²) in [5.41, 5.74) is 5.11. The number of rotatable bonds is 3. The number of aromatic nitrogens is 2. The van der Waals surface area contributed by atoms with Gasteiger partial charge in [0, 0.05) is 34.1 Å². The topological polar surface area (TPSA) is 49.8 Å². The van der Waals surface area contributed by atoms with Crippen LogP contribution in [0.5, 0.6) is 0 Å². The van der Waals surface area contributed by atoms with E-state index in [9.17, 15) is 0 Å². The summed E-state index contributed by atoms with van der Waals surface area (Å²) >= 11 is 3.49. The quantitative estimate of drug-likeness (QED) is 0.529. The van der Waals surface area contributed by atoms with E-state index in [1.807, 2.05) is 23.0 Å². The molecule has 1 saturated heterocycles. The molecule has 4 aromatic rings. The van der Waals surface area contributed by atoms with Crippen molar-refractivity contribution in [1.82, 2.24) is 15.3 Å². The van der Waals surface area contributed by atoms with Crippen LogP contribution < -0.4 is 10.6 Å². The largest absolute Gasteiger partial charge is 0.355 e. The number of thiophene rings is 1.